The number of urea groups is 1. The number of halogens is 1. The number of ether oxygens (including phenoxy) is 1. The average molecular weight is 319 g/mol. The van der Waals surface area contributed by atoms with Gasteiger partial charge in [-0.25, -0.2) is 4.79 Å². The molecule has 0 atom stereocenters. The second-order valence-corrected chi connectivity index (χ2v) is 5.24. The third kappa shape index (κ3) is 4.97. The maximum atomic E-state index is 11.7. The fourth-order valence-corrected chi connectivity index (χ4v) is 2.29. The molecule has 0 spiro atoms. The van der Waals surface area contributed by atoms with Gasteiger partial charge in [0, 0.05) is 18.1 Å². The molecule has 2 rings (SSSR count). The smallest absolute Gasteiger partial charge is 0.315 e. The summed E-state index contributed by atoms with van der Waals surface area (Å²) in [6, 6.07) is 15.0. The van der Waals surface area contributed by atoms with Crippen LogP contribution in [0.3, 0.4) is 0 Å². The van der Waals surface area contributed by atoms with E-state index in [9.17, 15) is 4.79 Å². The molecule has 0 radical (unpaired) electrons. The summed E-state index contributed by atoms with van der Waals surface area (Å²) in [7, 11) is 1.62. The summed E-state index contributed by atoms with van der Waals surface area (Å²) in [5, 5.41) is 6.30. The zero-order valence-corrected chi connectivity index (χ0v) is 13.2. The van der Waals surface area contributed by atoms with Crippen LogP contribution >= 0.6 is 11.6 Å². The zero-order chi connectivity index (χ0) is 15.8. The first kappa shape index (κ1) is 16.2. The number of hydrogen-bond acceptors (Lipinski definition) is 2. The molecule has 0 unspecified atom stereocenters. The zero-order valence-electron chi connectivity index (χ0n) is 12.4. The molecule has 0 aliphatic carbocycles. The van der Waals surface area contributed by atoms with E-state index in [0.29, 0.717) is 24.5 Å². The van der Waals surface area contributed by atoms with E-state index in [1.807, 2.05) is 42.5 Å². The number of carbonyl (C=O) groups is 1. The second kappa shape index (κ2) is 8.29. The van der Waals surface area contributed by atoms with Crippen molar-refractivity contribution in [1.82, 2.24) is 10.6 Å². The van der Waals surface area contributed by atoms with Gasteiger partial charge >= 0.3 is 6.03 Å². The minimum absolute atomic E-state index is 0.190. The Balaban J connectivity index is 1.76. The van der Waals surface area contributed by atoms with Crippen LogP contribution < -0.4 is 15.4 Å². The third-order valence-corrected chi connectivity index (χ3v) is 3.45. The summed E-state index contributed by atoms with van der Waals surface area (Å²) < 4.78 is 5.28. The highest BCUT2D eigenvalue weighted by atomic mass is 35.5. The van der Waals surface area contributed by atoms with Gasteiger partial charge in [0.2, 0.25) is 0 Å². The van der Waals surface area contributed by atoms with Crippen LogP contribution in [0.1, 0.15) is 11.1 Å². The van der Waals surface area contributed by atoms with Crippen LogP contribution in [-0.2, 0) is 13.0 Å². The molecule has 0 heterocycles. The van der Waals surface area contributed by atoms with Crippen LogP contribution in [0.25, 0.3) is 0 Å². The Morgan fingerprint density at radius 1 is 1.14 bits per heavy atom. The van der Waals surface area contributed by atoms with Crippen LogP contribution in [-0.4, -0.2) is 19.7 Å². The van der Waals surface area contributed by atoms with Crippen molar-refractivity contribution < 1.29 is 9.53 Å². The summed E-state index contributed by atoms with van der Waals surface area (Å²) in [6.07, 6.45) is 0.655. The summed E-state index contributed by atoms with van der Waals surface area (Å²) in [5.74, 6) is 0.774. The lowest BCUT2D eigenvalue weighted by Gasteiger charge is -2.10. The lowest BCUT2D eigenvalue weighted by Crippen LogP contribution is -2.36. The van der Waals surface area contributed by atoms with Crippen LogP contribution in [0.5, 0.6) is 5.75 Å². The van der Waals surface area contributed by atoms with E-state index in [2.05, 4.69) is 10.6 Å². The van der Waals surface area contributed by atoms with E-state index in [0.717, 1.165) is 16.9 Å². The van der Waals surface area contributed by atoms with Crippen LogP contribution in [0.2, 0.25) is 5.02 Å². The van der Waals surface area contributed by atoms with Crippen molar-refractivity contribution >= 4 is 17.6 Å². The molecule has 116 valence electrons. The van der Waals surface area contributed by atoms with Gasteiger partial charge in [0.05, 0.1) is 7.11 Å². The first-order chi connectivity index (χ1) is 10.7. The Morgan fingerprint density at radius 2 is 1.91 bits per heavy atom. The molecule has 0 aromatic heterocycles. The van der Waals surface area contributed by atoms with Gasteiger partial charge < -0.3 is 15.4 Å². The molecule has 2 aromatic carbocycles. The van der Waals surface area contributed by atoms with Gasteiger partial charge in [-0.1, -0.05) is 41.9 Å². The fourth-order valence-electron chi connectivity index (χ4n) is 2.09. The van der Waals surface area contributed by atoms with Gasteiger partial charge in [-0.3, -0.25) is 0 Å². The van der Waals surface area contributed by atoms with Crippen molar-refractivity contribution in [2.75, 3.05) is 13.7 Å². The van der Waals surface area contributed by atoms with Crippen molar-refractivity contribution in [2.24, 2.45) is 0 Å². The summed E-state index contributed by atoms with van der Waals surface area (Å²) >= 11 is 5.98. The standard InChI is InChI=1S/C17H19ClN2O2/c1-22-16-8-7-15(18)11-14(16)9-10-19-17(21)20-12-13-5-3-2-4-6-13/h2-8,11H,9-10,12H2,1H3,(H2,19,20,21). The van der Waals surface area contributed by atoms with Crippen molar-refractivity contribution in [2.45, 2.75) is 13.0 Å². The molecule has 0 saturated carbocycles. The highest BCUT2D eigenvalue weighted by Gasteiger charge is 2.05. The van der Waals surface area contributed by atoms with E-state index < -0.39 is 0 Å². The Kier molecular flexibility index (Phi) is 6.10. The predicted molar refractivity (Wildman–Crippen MR) is 88.4 cm³/mol. The molecular weight excluding hydrogens is 300 g/mol. The van der Waals surface area contributed by atoms with Gasteiger partial charge in [-0.05, 0) is 35.7 Å². The lowest BCUT2D eigenvalue weighted by atomic mass is 10.1. The number of nitrogens with one attached hydrogen (secondary N) is 2. The third-order valence-electron chi connectivity index (χ3n) is 3.22. The summed E-state index contributed by atoms with van der Waals surface area (Å²) in [5.41, 5.74) is 2.03. The van der Waals surface area contributed by atoms with Gasteiger partial charge in [0.25, 0.3) is 0 Å². The fraction of sp³-hybridized carbons (Fsp3) is 0.235. The maximum absolute atomic E-state index is 11.7. The van der Waals surface area contributed by atoms with Crippen molar-refractivity contribution in [3.05, 3.63) is 64.7 Å². The van der Waals surface area contributed by atoms with E-state index in [1.54, 1.807) is 13.2 Å². The minimum Gasteiger partial charge on any atom is -0.496 e. The Hall–Kier alpha value is -2.20. The molecular formula is C17H19ClN2O2. The molecule has 22 heavy (non-hydrogen) atoms. The Labute approximate surface area is 135 Å². The average Bonchev–Trinajstić information content (AvgIpc) is 2.54. The molecule has 0 fully saturated rings. The molecule has 0 bridgehead atoms. The molecule has 5 heteroatoms. The lowest BCUT2D eigenvalue weighted by molar-refractivity contribution is 0.240. The number of rotatable bonds is 6. The van der Waals surface area contributed by atoms with E-state index in [4.69, 9.17) is 16.3 Å². The molecule has 2 amide bonds. The van der Waals surface area contributed by atoms with Gasteiger partial charge in [-0.15, -0.1) is 0 Å². The highest BCUT2D eigenvalue weighted by Crippen LogP contribution is 2.22. The molecule has 2 N–H and O–H groups in total. The predicted octanol–water partition coefficient (Wildman–Crippen LogP) is 3.39. The van der Waals surface area contributed by atoms with Crippen molar-refractivity contribution in [1.29, 1.82) is 0 Å². The Bertz CT molecular complexity index is 617. The number of amides is 2. The van der Waals surface area contributed by atoms with Gasteiger partial charge in [0.15, 0.2) is 0 Å². The number of methoxy groups -OCH3 is 1. The number of hydrogen-bond donors (Lipinski definition) is 2. The minimum atomic E-state index is -0.190. The maximum Gasteiger partial charge on any atom is 0.315 e. The molecule has 0 saturated heterocycles. The van der Waals surface area contributed by atoms with Gasteiger partial charge in [-0.2, -0.15) is 0 Å². The molecule has 0 aliphatic heterocycles. The van der Waals surface area contributed by atoms with Crippen LogP contribution in [0, 0.1) is 0 Å². The second-order valence-electron chi connectivity index (χ2n) is 4.80. The largest absolute Gasteiger partial charge is 0.496 e. The monoisotopic (exact) mass is 318 g/mol. The molecule has 2 aromatic rings. The van der Waals surface area contributed by atoms with E-state index in [-0.39, 0.29) is 6.03 Å². The summed E-state index contributed by atoms with van der Waals surface area (Å²) in [4.78, 5) is 11.7. The van der Waals surface area contributed by atoms with E-state index >= 15 is 0 Å². The first-order valence-electron chi connectivity index (χ1n) is 7.07. The SMILES string of the molecule is COc1ccc(Cl)cc1CCNC(=O)NCc1ccccc1. The van der Waals surface area contributed by atoms with E-state index in [1.165, 1.54) is 0 Å². The van der Waals surface area contributed by atoms with Gasteiger partial charge in [0.1, 0.15) is 5.75 Å². The molecule has 0 aliphatic rings. The highest BCUT2D eigenvalue weighted by molar-refractivity contribution is 6.30. The number of benzene rings is 2. The quantitative estimate of drug-likeness (QED) is 0.857. The van der Waals surface area contributed by atoms with Crippen molar-refractivity contribution in [3.63, 3.8) is 0 Å². The van der Waals surface area contributed by atoms with Crippen LogP contribution in [0.15, 0.2) is 48.5 Å². The topological polar surface area (TPSA) is 50.4 Å². The summed E-state index contributed by atoms with van der Waals surface area (Å²) in [6.45, 7) is 1.02. The first-order valence-corrected chi connectivity index (χ1v) is 7.45. The Morgan fingerprint density at radius 3 is 2.64 bits per heavy atom. The number of carbonyl (C=O) groups excluding carboxylic acids is 1. The normalized spacial score (nSPS) is 10.1. The molecule has 4 nitrogen and oxygen atoms in total. The van der Waals surface area contributed by atoms with Crippen molar-refractivity contribution in [3.8, 4) is 5.75 Å². The van der Waals surface area contributed by atoms with Crippen LogP contribution in [0.4, 0.5) is 4.79 Å².